The molecule has 0 unspecified atom stereocenters. The Labute approximate surface area is 201 Å². The van der Waals surface area contributed by atoms with Gasteiger partial charge in [-0.3, -0.25) is 9.79 Å². The van der Waals surface area contributed by atoms with E-state index in [1.54, 1.807) is 13.1 Å². The largest absolute Gasteiger partial charge is 0.394 e. The molecule has 1 amide bonds. The second-order valence-electron chi connectivity index (χ2n) is 9.35. The summed E-state index contributed by atoms with van der Waals surface area (Å²) in [7, 11) is 0. The van der Waals surface area contributed by atoms with Crippen LogP contribution in [0.15, 0.2) is 29.3 Å². The summed E-state index contributed by atoms with van der Waals surface area (Å²) in [5.41, 5.74) is 8.37. The Hall–Kier alpha value is -2.87. The molecule has 0 saturated carbocycles. The second-order valence-corrected chi connectivity index (χ2v) is 9.78. The van der Waals surface area contributed by atoms with Gasteiger partial charge in [-0.15, -0.1) is 0 Å². The number of aliphatic imine (C=N–C) groups is 1. The molecule has 0 aliphatic carbocycles. The number of piperazine rings is 1. The number of anilines is 3. The van der Waals surface area contributed by atoms with Crippen molar-refractivity contribution < 1.29 is 4.79 Å². The summed E-state index contributed by atoms with van der Waals surface area (Å²) in [6.45, 7) is 12.4. The minimum Gasteiger partial charge on any atom is -0.394 e. The first-order chi connectivity index (χ1) is 15.5. The molecule has 1 aliphatic rings. The highest BCUT2D eigenvalue weighted by atomic mass is 35.5. The van der Waals surface area contributed by atoms with Gasteiger partial charge in [0.25, 0.3) is 0 Å². The van der Waals surface area contributed by atoms with Gasteiger partial charge in [-0.25, -0.2) is 4.98 Å². The van der Waals surface area contributed by atoms with Crippen LogP contribution in [0.2, 0.25) is 5.02 Å². The number of nitrogens with zero attached hydrogens (tertiary/aromatic N) is 5. The molecular weight excluding hydrogens is 438 g/mol. The number of nitrogens with two attached hydrogens (primary N) is 1. The number of rotatable bonds is 7. The molecule has 0 spiro atoms. The van der Waals surface area contributed by atoms with Crippen molar-refractivity contribution in [3.8, 4) is 0 Å². The first-order valence-corrected chi connectivity index (χ1v) is 11.7. The molecule has 2 heterocycles. The average molecular weight is 472 g/mol. The number of hydrogen-bond acceptors (Lipinski definition) is 7. The number of benzene rings is 1. The van der Waals surface area contributed by atoms with Gasteiger partial charge in [0.1, 0.15) is 11.4 Å². The Kier molecular flexibility index (Phi) is 7.79. The predicted molar refractivity (Wildman–Crippen MR) is 136 cm³/mol. The average Bonchev–Trinajstić information content (AvgIpc) is 2.75. The summed E-state index contributed by atoms with van der Waals surface area (Å²) in [6.07, 6.45) is 2.48. The lowest BCUT2D eigenvalue weighted by atomic mass is 9.95. The topological polar surface area (TPSA) is 99.7 Å². The van der Waals surface area contributed by atoms with Crippen molar-refractivity contribution in [3.05, 3.63) is 40.5 Å². The number of carbonyl (C=O) groups is 1. The van der Waals surface area contributed by atoms with Crippen LogP contribution in [0.4, 0.5) is 17.5 Å². The zero-order chi connectivity index (χ0) is 24.2. The molecule has 1 saturated heterocycles. The SMILES string of the molecule is CC(=O)N1CCN(c2nc(C=NC(C)C)c(N)c(NC(C)(C)Cc3ccc(Cl)cc3)n2)CC1. The zero-order valence-corrected chi connectivity index (χ0v) is 20.9. The van der Waals surface area contributed by atoms with Gasteiger partial charge in [0.2, 0.25) is 11.9 Å². The molecule has 0 bridgehead atoms. The van der Waals surface area contributed by atoms with Crippen LogP contribution in [0, 0.1) is 0 Å². The fourth-order valence-corrected chi connectivity index (χ4v) is 3.85. The third kappa shape index (κ3) is 6.81. The molecule has 1 aliphatic heterocycles. The van der Waals surface area contributed by atoms with Crippen molar-refractivity contribution in [2.75, 3.05) is 42.1 Å². The Balaban J connectivity index is 1.88. The molecule has 8 nitrogen and oxygen atoms in total. The number of halogens is 1. The molecule has 0 radical (unpaired) electrons. The lowest BCUT2D eigenvalue weighted by molar-refractivity contribution is -0.129. The van der Waals surface area contributed by atoms with Crippen molar-refractivity contribution >= 4 is 41.2 Å². The highest BCUT2D eigenvalue weighted by Crippen LogP contribution is 2.27. The van der Waals surface area contributed by atoms with Crippen LogP contribution in [0.3, 0.4) is 0 Å². The highest BCUT2D eigenvalue weighted by molar-refractivity contribution is 6.30. The van der Waals surface area contributed by atoms with Crippen molar-refractivity contribution in [2.45, 2.75) is 52.6 Å². The number of amides is 1. The van der Waals surface area contributed by atoms with E-state index in [1.165, 1.54) is 0 Å². The number of carbonyl (C=O) groups excluding carboxylic acids is 1. The Morgan fingerprint density at radius 3 is 2.42 bits per heavy atom. The summed E-state index contributed by atoms with van der Waals surface area (Å²) in [4.78, 5) is 29.6. The van der Waals surface area contributed by atoms with E-state index in [0.29, 0.717) is 54.3 Å². The van der Waals surface area contributed by atoms with Gasteiger partial charge in [-0.05, 0) is 51.8 Å². The van der Waals surface area contributed by atoms with E-state index in [9.17, 15) is 4.79 Å². The van der Waals surface area contributed by atoms with E-state index in [0.717, 1.165) is 12.0 Å². The van der Waals surface area contributed by atoms with E-state index in [2.05, 4.69) is 29.1 Å². The molecule has 1 aromatic carbocycles. The van der Waals surface area contributed by atoms with E-state index in [1.807, 2.05) is 43.0 Å². The molecule has 3 N–H and O–H groups in total. The lowest BCUT2D eigenvalue weighted by Crippen LogP contribution is -2.48. The van der Waals surface area contributed by atoms with Crippen LogP contribution in [0.25, 0.3) is 0 Å². The van der Waals surface area contributed by atoms with Crippen LogP contribution in [-0.4, -0.2) is 64.7 Å². The first kappa shape index (κ1) is 24.8. The summed E-state index contributed by atoms with van der Waals surface area (Å²) in [5.74, 6) is 1.25. The molecule has 3 rings (SSSR count). The molecule has 178 valence electrons. The van der Waals surface area contributed by atoms with Crippen LogP contribution in [-0.2, 0) is 11.2 Å². The predicted octanol–water partition coefficient (Wildman–Crippen LogP) is 3.64. The summed E-state index contributed by atoms with van der Waals surface area (Å²) >= 11 is 6.03. The third-order valence-corrected chi connectivity index (χ3v) is 5.73. The maximum Gasteiger partial charge on any atom is 0.228 e. The van der Waals surface area contributed by atoms with Crippen molar-refractivity contribution in [1.82, 2.24) is 14.9 Å². The van der Waals surface area contributed by atoms with E-state index in [-0.39, 0.29) is 17.5 Å². The van der Waals surface area contributed by atoms with Crippen LogP contribution in [0.1, 0.15) is 45.9 Å². The molecule has 33 heavy (non-hydrogen) atoms. The number of hydrogen-bond donors (Lipinski definition) is 2. The van der Waals surface area contributed by atoms with Gasteiger partial charge in [-0.2, -0.15) is 4.98 Å². The quantitative estimate of drug-likeness (QED) is 0.598. The first-order valence-electron chi connectivity index (χ1n) is 11.3. The third-order valence-electron chi connectivity index (χ3n) is 5.48. The zero-order valence-electron chi connectivity index (χ0n) is 20.1. The summed E-state index contributed by atoms with van der Waals surface area (Å²) in [5, 5.41) is 4.24. The standard InChI is InChI=1S/C24H34ClN7O/c1-16(2)27-15-20-21(26)22(30-24(4,5)14-18-6-8-19(25)9-7-18)29-23(28-20)32-12-10-31(11-13-32)17(3)33/h6-9,15-16H,10-14,26H2,1-5H3,(H,28,29,30). The number of aromatic nitrogens is 2. The fourth-order valence-electron chi connectivity index (χ4n) is 3.73. The van der Waals surface area contributed by atoms with E-state index < -0.39 is 0 Å². The highest BCUT2D eigenvalue weighted by Gasteiger charge is 2.25. The van der Waals surface area contributed by atoms with Gasteiger partial charge in [0, 0.05) is 55.9 Å². The van der Waals surface area contributed by atoms with Crippen molar-refractivity contribution in [1.29, 1.82) is 0 Å². The Morgan fingerprint density at radius 1 is 1.21 bits per heavy atom. The van der Waals surface area contributed by atoms with Crippen LogP contribution >= 0.6 is 11.6 Å². The number of nitrogen functional groups attached to an aromatic ring is 1. The number of nitrogens with one attached hydrogen (secondary N) is 1. The molecular formula is C24H34ClN7O. The minimum atomic E-state index is -0.326. The molecule has 1 aromatic heterocycles. The summed E-state index contributed by atoms with van der Waals surface area (Å²) in [6, 6.07) is 7.96. The van der Waals surface area contributed by atoms with Gasteiger partial charge >= 0.3 is 0 Å². The molecule has 1 fully saturated rings. The smallest absolute Gasteiger partial charge is 0.228 e. The molecule has 0 atom stereocenters. The second kappa shape index (κ2) is 10.4. The Morgan fingerprint density at radius 2 is 1.85 bits per heavy atom. The summed E-state index contributed by atoms with van der Waals surface area (Å²) < 4.78 is 0. The van der Waals surface area contributed by atoms with Crippen molar-refractivity contribution in [2.24, 2.45) is 4.99 Å². The fraction of sp³-hybridized carbons (Fsp3) is 0.500. The van der Waals surface area contributed by atoms with Gasteiger partial charge < -0.3 is 20.9 Å². The monoisotopic (exact) mass is 471 g/mol. The minimum absolute atomic E-state index is 0.0870. The van der Waals surface area contributed by atoms with E-state index in [4.69, 9.17) is 27.3 Å². The van der Waals surface area contributed by atoms with Gasteiger partial charge in [0.05, 0.1) is 0 Å². The van der Waals surface area contributed by atoms with Crippen LogP contribution < -0.4 is 16.0 Å². The normalized spacial score (nSPS) is 14.9. The molecule has 2 aromatic rings. The van der Waals surface area contributed by atoms with E-state index >= 15 is 0 Å². The van der Waals surface area contributed by atoms with Crippen molar-refractivity contribution in [3.63, 3.8) is 0 Å². The molecule has 9 heteroatoms. The Bertz CT molecular complexity index is 997. The maximum atomic E-state index is 11.7. The van der Waals surface area contributed by atoms with Gasteiger partial charge in [-0.1, -0.05) is 23.7 Å². The van der Waals surface area contributed by atoms with Gasteiger partial charge in [0.15, 0.2) is 5.82 Å². The van der Waals surface area contributed by atoms with Crippen LogP contribution in [0.5, 0.6) is 0 Å². The maximum absolute atomic E-state index is 11.7. The lowest BCUT2D eigenvalue weighted by Gasteiger charge is -2.35.